The third-order valence-corrected chi connectivity index (χ3v) is 4.23. The van der Waals surface area contributed by atoms with E-state index in [2.05, 4.69) is 40.0 Å². The Bertz CT molecular complexity index is 573. The van der Waals surface area contributed by atoms with Gasteiger partial charge in [-0.25, -0.2) is 4.98 Å². The number of ether oxygens (including phenoxy) is 1. The summed E-state index contributed by atoms with van der Waals surface area (Å²) >= 11 is 3.53. The predicted octanol–water partition coefficient (Wildman–Crippen LogP) is 4.14. The molecule has 2 aromatic rings. The van der Waals surface area contributed by atoms with E-state index in [0.717, 1.165) is 40.8 Å². The highest BCUT2D eigenvalue weighted by atomic mass is 79.9. The summed E-state index contributed by atoms with van der Waals surface area (Å²) in [5.41, 5.74) is 3.41. The van der Waals surface area contributed by atoms with E-state index in [-0.39, 0.29) is 0 Å². The summed E-state index contributed by atoms with van der Waals surface area (Å²) in [4.78, 5) is 8.13. The van der Waals surface area contributed by atoms with Gasteiger partial charge in [-0.15, -0.1) is 0 Å². The SMILES string of the molecule is Cc1cc(Br)cc2[nH]c(CCC3CCCCO3)nc12. The maximum Gasteiger partial charge on any atom is 0.107 e. The van der Waals surface area contributed by atoms with Crippen LogP contribution < -0.4 is 0 Å². The van der Waals surface area contributed by atoms with E-state index in [1.807, 2.05) is 0 Å². The number of aromatic amines is 1. The van der Waals surface area contributed by atoms with E-state index in [0.29, 0.717) is 6.10 Å². The topological polar surface area (TPSA) is 37.9 Å². The zero-order valence-corrected chi connectivity index (χ0v) is 12.8. The molecule has 3 rings (SSSR count). The summed E-state index contributed by atoms with van der Waals surface area (Å²) in [6.45, 7) is 3.03. The van der Waals surface area contributed by atoms with E-state index >= 15 is 0 Å². The van der Waals surface area contributed by atoms with E-state index in [1.165, 1.54) is 24.8 Å². The summed E-state index contributed by atoms with van der Waals surface area (Å²) in [5, 5.41) is 0. The van der Waals surface area contributed by atoms with Crippen LogP contribution in [0.1, 0.15) is 37.1 Å². The Morgan fingerprint density at radius 1 is 1.42 bits per heavy atom. The molecule has 1 aromatic heterocycles. The van der Waals surface area contributed by atoms with Crippen molar-refractivity contribution in [1.29, 1.82) is 0 Å². The maximum atomic E-state index is 5.77. The van der Waals surface area contributed by atoms with E-state index in [4.69, 9.17) is 9.72 Å². The van der Waals surface area contributed by atoms with Gasteiger partial charge in [-0.2, -0.15) is 0 Å². The molecule has 1 atom stereocenters. The lowest BCUT2D eigenvalue weighted by Gasteiger charge is -2.21. The number of rotatable bonds is 3. The molecule has 3 nitrogen and oxygen atoms in total. The molecule has 0 bridgehead atoms. The Morgan fingerprint density at radius 2 is 2.32 bits per heavy atom. The van der Waals surface area contributed by atoms with Crippen molar-refractivity contribution in [3.63, 3.8) is 0 Å². The average Bonchev–Trinajstić information content (AvgIpc) is 2.81. The molecule has 1 N–H and O–H groups in total. The summed E-state index contributed by atoms with van der Waals surface area (Å²) in [6.07, 6.45) is 6.18. The minimum atomic E-state index is 0.426. The zero-order valence-electron chi connectivity index (χ0n) is 11.2. The van der Waals surface area contributed by atoms with Gasteiger partial charge in [0.2, 0.25) is 0 Å². The van der Waals surface area contributed by atoms with Crippen LogP contribution in [-0.2, 0) is 11.2 Å². The molecule has 4 heteroatoms. The Hall–Kier alpha value is -0.870. The predicted molar refractivity (Wildman–Crippen MR) is 80.4 cm³/mol. The van der Waals surface area contributed by atoms with Crippen molar-refractivity contribution in [2.45, 2.75) is 45.1 Å². The lowest BCUT2D eigenvalue weighted by molar-refractivity contribution is 0.0112. The monoisotopic (exact) mass is 322 g/mol. The van der Waals surface area contributed by atoms with Gasteiger partial charge in [-0.05, 0) is 50.3 Å². The number of nitrogens with zero attached hydrogens (tertiary/aromatic N) is 1. The minimum Gasteiger partial charge on any atom is -0.378 e. The molecule has 0 aliphatic carbocycles. The van der Waals surface area contributed by atoms with Gasteiger partial charge in [0.15, 0.2) is 0 Å². The maximum absolute atomic E-state index is 5.77. The Morgan fingerprint density at radius 3 is 3.11 bits per heavy atom. The molecular formula is C15H19BrN2O. The molecule has 1 aromatic carbocycles. The molecule has 19 heavy (non-hydrogen) atoms. The first-order valence-corrected chi connectivity index (χ1v) is 7.78. The van der Waals surface area contributed by atoms with Crippen LogP contribution in [0.15, 0.2) is 16.6 Å². The van der Waals surface area contributed by atoms with Crippen molar-refractivity contribution in [1.82, 2.24) is 9.97 Å². The quantitative estimate of drug-likeness (QED) is 0.922. The molecule has 0 spiro atoms. The van der Waals surface area contributed by atoms with Gasteiger partial charge in [-0.1, -0.05) is 15.9 Å². The second kappa shape index (κ2) is 5.63. The summed E-state index contributed by atoms with van der Waals surface area (Å²) < 4.78 is 6.87. The van der Waals surface area contributed by atoms with E-state index < -0.39 is 0 Å². The van der Waals surface area contributed by atoms with Crippen molar-refractivity contribution in [2.75, 3.05) is 6.61 Å². The molecule has 1 aliphatic heterocycles. The number of aromatic nitrogens is 2. The van der Waals surface area contributed by atoms with Crippen molar-refractivity contribution in [2.24, 2.45) is 0 Å². The van der Waals surface area contributed by atoms with Crippen molar-refractivity contribution >= 4 is 27.0 Å². The smallest absolute Gasteiger partial charge is 0.107 e. The first-order valence-electron chi connectivity index (χ1n) is 6.99. The first-order chi connectivity index (χ1) is 9.22. The van der Waals surface area contributed by atoms with Crippen LogP contribution in [0.2, 0.25) is 0 Å². The summed E-state index contributed by atoms with van der Waals surface area (Å²) in [7, 11) is 0. The van der Waals surface area contributed by atoms with Gasteiger partial charge in [0.05, 0.1) is 17.1 Å². The molecule has 1 aliphatic rings. The molecule has 2 heterocycles. The number of hydrogen-bond acceptors (Lipinski definition) is 2. The second-order valence-electron chi connectivity index (χ2n) is 5.33. The van der Waals surface area contributed by atoms with E-state index in [9.17, 15) is 0 Å². The van der Waals surface area contributed by atoms with Crippen LogP contribution in [0, 0.1) is 6.92 Å². The van der Waals surface area contributed by atoms with Gasteiger partial charge in [0, 0.05) is 17.5 Å². The van der Waals surface area contributed by atoms with Gasteiger partial charge in [-0.3, -0.25) is 0 Å². The molecule has 0 amide bonds. The number of H-pyrrole nitrogens is 1. The molecule has 0 saturated carbocycles. The second-order valence-corrected chi connectivity index (χ2v) is 6.25. The number of halogens is 1. The Kier molecular flexibility index (Phi) is 3.89. The highest BCUT2D eigenvalue weighted by Crippen LogP contribution is 2.23. The number of hydrogen-bond donors (Lipinski definition) is 1. The molecule has 1 saturated heterocycles. The average molecular weight is 323 g/mol. The number of nitrogens with one attached hydrogen (secondary N) is 1. The Labute approximate surface area is 121 Å². The van der Waals surface area contributed by atoms with Crippen LogP contribution in [0.25, 0.3) is 11.0 Å². The van der Waals surface area contributed by atoms with Gasteiger partial charge in [0.1, 0.15) is 5.82 Å². The van der Waals surface area contributed by atoms with Crippen LogP contribution in [0.4, 0.5) is 0 Å². The largest absolute Gasteiger partial charge is 0.378 e. The van der Waals surface area contributed by atoms with Gasteiger partial charge < -0.3 is 9.72 Å². The lowest BCUT2D eigenvalue weighted by Crippen LogP contribution is -2.19. The van der Waals surface area contributed by atoms with Crippen LogP contribution in [0.5, 0.6) is 0 Å². The lowest BCUT2D eigenvalue weighted by atomic mass is 10.0. The third kappa shape index (κ3) is 3.00. The fourth-order valence-electron chi connectivity index (χ4n) is 2.75. The van der Waals surface area contributed by atoms with Gasteiger partial charge >= 0.3 is 0 Å². The fourth-order valence-corrected chi connectivity index (χ4v) is 3.32. The number of aryl methyl sites for hydroxylation is 2. The fraction of sp³-hybridized carbons (Fsp3) is 0.533. The highest BCUT2D eigenvalue weighted by molar-refractivity contribution is 9.10. The minimum absolute atomic E-state index is 0.426. The van der Waals surface area contributed by atoms with E-state index in [1.54, 1.807) is 0 Å². The van der Waals surface area contributed by atoms with Gasteiger partial charge in [0.25, 0.3) is 0 Å². The number of imidazole rings is 1. The third-order valence-electron chi connectivity index (χ3n) is 3.77. The van der Waals surface area contributed by atoms with Crippen molar-refractivity contribution in [3.8, 4) is 0 Å². The summed E-state index contributed by atoms with van der Waals surface area (Å²) in [6, 6.07) is 4.20. The zero-order chi connectivity index (χ0) is 13.2. The molecule has 1 unspecified atom stereocenters. The van der Waals surface area contributed by atoms with Crippen molar-refractivity contribution < 1.29 is 4.74 Å². The molecule has 102 valence electrons. The highest BCUT2D eigenvalue weighted by Gasteiger charge is 2.15. The van der Waals surface area contributed by atoms with Crippen LogP contribution in [0.3, 0.4) is 0 Å². The van der Waals surface area contributed by atoms with Crippen LogP contribution >= 0.6 is 15.9 Å². The van der Waals surface area contributed by atoms with Crippen molar-refractivity contribution in [3.05, 3.63) is 28.0 Å². The standard InChI is InChI=1S/C15H19BrN2O/c1-10-8-11(16)9-13-15(10)18-14(17-13)6-5-12-4-2-3-7-19-12/h8-9,12H,2-7H2,1H3,(H,17,18). The number of fused-ring (bicyclic) bond motifs is 1. The van der Waals surface area contributed by atoms with Crippen LogP contribution in [-0.4, -0.2) is 22.7 Å². The Balaban J connectivity index is 1.72. The number of benzene rings is 1. The normalized spacial score (nSPS) is 20.0. The molecular weight excluding hydrogens is 304 g/mol. The molecule has 1 fully saturated rings. The first kappa shape index (κ1) is 13.1. The summed E-state index contributed by atoms with van der Waals surface area (Å²) in [5.74, 6) is 1.07. The molecule has 0 radical (unpaired) electrons.